The van der Waals surface area contributed by atoms with Gasteiger partial charge in [0, 0.05) is 19.3 Å². The largest absolute Gasteiger partial charge is 0.481 e. The van der Waals surface area contributed by atoms with E-state index in [1.165, 1.54) is 0 Å². The maximum absolute atomic E-state index is 13.6. The highest BCUT2D eigenvalue weighted by Gasteiger charge is 2.49. The molecule has 0 bridgehead atoms. The number of benzene rings is 2. The maximum Gasteiger partial charge on any atom is 0.407 e. The number of alkyl halides is 1. The standard InChI is InChI=1S/C29H34BrN3O7/c1-19(2)26(32-28(38)39-14-13-20-9-5-3-6-10-20)23-17-29(40-33-23,16-21-11-7-4-8-12-21)27(37)31-22(15-25(35)36)24(34)18-30/h3-12,19,22,26H,13-18H2,1-2H3,(H,31,37)(H,32,38)(H,35,36)/t22-,26?,29?/m0/s1. The lowest BCUT2D eigenvalue weighted by Crippen LogP contribution is -2.55. The van der Waals surface area contributed by atoms with E-state index in [1.54, 1.807) is 0 Å². The highest BCUT2D eigenvalue weighted by molar-refractivity contribution is 9.09. The molecule has 0 aliphatic carbocycles. The molecular weight excluding hydrogens is 582 g/mol. The number of alkyl carbamates (subject to hydrolysis) is 1. The van der Waals surface area contributed by atoms with E-state index in [1.807, 2.05) is 74.5 Å². The molecule has 3 rings (SSSR count). The molecule has 3 N–H and O–H groups in total. The molecule has 1 heterocycles. The van der Waals surface area contributed by atoms with Gasteiger partial charge in [0.25, 0.3) is 5.91 Å². The van der Waals surface area contributed by atoms with Crippen molar-refractivity contribution in [1.29, 1.82) is 0 Å². The van der Waals surface area contributed by atoms with Crippen LogP contribution < -0.4 is 10.6 Å². The predicted molar refractivity (Wildman–Crippen MR) is 152 cm³/mol. The van der Waals surface area contributed by atoms with Gasteiger partial charge in [-0.05, 0) is 17.0 Å². The van der Waals surface area contributed by atoms with Gasteiger partial charge < -0.3 is 25.3 Å². The van der Waals surface area contributed by atoms with Crippen LogP contribution in [0.2, 0.25) is 0 Å². The smallest absolute Gasteiger partial charge is 0.407 e. The highest BCUT2D eigenvalue weighted by Crippen LogP contribution is 2.31. The summed E-state index contributed by atoms with van der Waals surface area (Å²) in [6.45, 7) is 3.98. The first-order chi connectivity index (χ1) is 19.1. The van der Waals surface area contributed by atoms with Crippen LogP contribution >= 0.6 is 15.9 Å². The molecule has 214 valence electrons. The number of hydrogen-bond acceptors (Lipinski definition) is 7. The summed E-state index contributed by atoms with van der Waals surface area (Å²) in [7, 11) is 0. The molecule has 0 spiro atoms. The number of carbonyl (C=O) groups excluding carboxylic acids is 3. The molecule has 2 aromatic rings. The highest BCUT2D eigenvalue weighted by atomic mass is 79.9. The summed E-state index contributed by atoms with van der Waals surface area (Å²) in [4.78, 5) is 55.8. The van der Waals surface area contributed by atoms with Crippen molar-refractivity contribution >= 4 is 45.4 Å². The third-order valence-corrected chi connectivity index (χ3v) is 7.07. The van der Waals surface area contributed by atoms with Gasteiger partial charge in [-0.1, -0.05) is 95.6 Å². The minimum Gasteiger partial charge on any atom is -0.481 e. The minimum absolute atomic E-state index is 0.0170. The van der Waals surface area contributed by atoms with E-state index in [4.69, 9.17) is 9.57 Å². The summed E-state index contributed by atoms with van der Waals surface area (Å²) in [6.07, 6.45) is -0.497. The lowest BCUT2D eigenvalue weighted by molar-refractivity contribution is -0.147. The van der Waals surface area contributed by atoms with Crippen LogP contribution in [0.5, 0.6) is 0 Å². The van der Waals surface area contributed by atoms with Gasteiger partial charge in [0.2, 0.25) is 5.60 Å². The van der Waals surface area contributed by atoms with Crippen LogP contribution in [0.15, 0.2) is 65.8 Å². The van der Waals surface area contributed by atoms with Gasteiger partial charge in [0.1, 0.15) is 0 Å². The number of ether oxygens (including phenoxy) is 1. The number of oxime groups is 1. The zero-order valence-electron chi connectivity index (χ0n) is 22.5. The maximum atomic E-state index is 13.6. The first-order valence-electron chi connectivity index (χ1n) is 13.0. The number of nitrogens with one attached hydrogen (secondary N) is 2. The molecular formula is C29H34BrN3O7. The Balaban J connectivity index is 1.75. The Labute approximate surface area is 241 Å². The molecule has 10 nitrogen and oxygen atoms in total. The van der Waals surface area contributed by atoms with Gasteiger partial charge in [0.15, 0.2) is 5.78 Å². The molecule has 1 aliphatic rings. The molecule has 2 unspecified atom stereocenters. The lowest BCUT2D eigenvalue weighted by Gasteiger charge is -2.28. The number of amides is 2. The van der Waals surface area contributed by atoms with Gasteiger partial charge in [-0.25, -0.2) is 4.79 Å². The van der Waals surface area contributed by atoms with E-state index < -0.39 is 47.9 Å². The number of nitrogens with zero attached hydrogens (tertiary/aromatic N) is 1. The van der Waals surface area contributed by atoms with Gasteiger partial charge in [-0.3, -0.25) is 14.4 Å². The summed E-state index contributed by atoms with van der Waals surface area (Å²) in [6, 6.07) is 17.0. The number of carboxylic acids is 1. The lowest BCUT2D eigenvalue weighted by atomic mass is 9.84. The molecule has 0 saturated carbocycles. The Morgan fingerprint density at radius 3 is 2.23 bits per heavy atom. The van der Waals surface area contributed by atoms with Gasteiger partial charge in [-0.15, -0.1) is 0 Å². The molecule has 11 heteroatoms. The minimum atomic E-state index is -1.55. The molecule has 0 radical (unpaired) electrons. The second-order valence-corrected chi connectivity index (χ2v) is 10.5. The number of carboxylic acid groups (broad SMARTS) is 1. The zero-order valence-corrected chi connectivity index (χ0v) is 24.1. The van der Waals surface area contributed by atoms with Crippen molar-refractivity contribution in [3.05, 3.63) is 71.8 Å². The number of rotatable bonds is 14. The Hall–Kier alpha value is -3.73. The van der Waals surface area contributed by atoms with E-state index in [0.717, 1.165) is 11.1 Å². The Morgan fingerprint density at radius 1 is 1.02 bits per heavy atom. The number of hydrogen-bond donors (Lipinski definition) is 3. The van der Waals surface area contributed by atoms with E-state index in [-0.39, 0.29) is 30.7 Å². The second-order valence-electron chi connectivity index (χ2n) is 9.97. The van der Waals surface area contributed by atoms with E-state index in [9.17, 15) is 24.3 Å². The number of aliphatic carboxylic acids is 1. The fraction of sp³-hybridized carbons (Fsp3) is 0.414. The first-order valence-corrected chi connectivity index (χ1v) is 14.1. The van der Waals surface area contributed by atoms with Crippen molar-refractivity contribution in [3.63, 3.8) is 0 Å². The zero-order chi connectivity index (χ0) is 29.1. The molecule has 0 saturated heterocycles. The Bertz CT molecular complexity index is 1210. The average molecular weight is 617 g/mol. The van der Waals surface area contributed by atoms with Crippen molar-refractivity contribution in [2.45, 2.75) is 57.2 Å². The normalized spacial score (nSPS) is 17.8. The summed E-state index contributed by atoms with van der Waals surface area (Å²) >= 11 is 3.04. The third kappa shape index (κ3) is 8.64. The quantitative estimate of drug-likeness (QED) is 0.275. The number of halogens is 1. The van der Waals surface area contributed by atoms with Gasteiger partial charge in [0.05, 0.1) is 36.2 Å². The van der Waals surface area contributed by atoms with Gasteiger partial charge in [-0.2, -0.15) is 0 Å². The third-order valence-electron chi connectivity index (χ3n) is 6.52. The second kappa shape index (κ2) is 14.6. The summed E-state index contributed by atoms with van der Waals surface area (Å²) in [5.41, 5.74) is 0.708. The topological polar surface area (TPSA) is 143 Å². The first kappa shape index (κ1) is 30.8. The summed E-state index contributed by atoms with van der Waals surface area (Å²) in [5, 5.41) is 18.8. The van der Waals surface area contributed by atoms with Gasteiger partial charge >= 0.3 is 12.1 Å². The van der Waals surface area contributed by atoms with E-state index >= 15 is 0 Å². The predicted octanol–water partition coefficient (Wildman–Crippen LogP) is 3.66. The van der Waals surface area contributed by atoms with Crippen LogP contribution in [0.1, 0.15) is 37.8 Å². The van der Waals surface area contributed by atoms with Crippen LogP contribution in [0, 0.1) is 5.92 Å². The van der Waals surface area contributed by atoms with Crippen molar-refractivity contribution < 1.29 is 33.9 Å². The molecule has 0 fully saturated rings. The van der Waals surface area contributed by atoms with Crippen molar-refractivity contribution in [3.8, 4) is 0 Å². The molecule has 1 aliphatic heterocycles. The molecule has 2 amide bonds. The molecule has 40 heavy (non-hydrogen) atoms. The van der Waals surface area contributed by atoms with Crippen LogP contribution in [-0.4, -0.2) is 64.2 Å². The average Bonchev–Trinajstić information content (AvgIpc) is 3.36. The van der Waals surface area contributed by atoms with E-state index in [0.29, 0.717) is 12.1 Å². The van der Waals surface area contributed by atoms with E-state index in [2.05, 4.69) is 31.7 Å². The number of carbonyl (C=O) groups is 4. The van der Waals surface area contributed by atoms with Crippen LogP contribution in [0.25, 0.3) is 0 Å². The molecule has 0 aromatic heterocycles. The molecule has 2 aromatic carbocycles. The number of ketones is 1. The fourth-order valence-electron chi connectivity index (χ4n) is 4.40. The van der Waals surface area contributed by atoms with Crippen LogP contribution in [0.4, 0.5) is 4.79 Å². The summed E-state index contributed by atoms with van der Waals surface area (Å²) < 4.78 is 5.39. The number of Topliss-reactive ketones (excluding diaryl/α,β-unsaturated/α-hetero) is 1. The fourth-order valence-corrected chi connectivity index (χ4v) is 4.80. The van der Waals surface area contributed by atoms with Crippen molar-refractivity contribution in [1.82, 2.24) is 10.6 Å². The van der Waals surface area contributed by atoms with Crippen molar-refractivity contribution in [2.24, 2.45) is 11.1 Å². The monoisotopic (exact) mass is 615 g/mol. The van der Waals surface area contributed by atoms with Crippen LogP contribution in [0.3, 0.4) is 0 Å². The Morgan fingerprint density at radius 2 is 1.65 bits per heavy atom. The Kier molecular flexibility index (Phi) is 11.2. The van der Waals surface area contributed by atoms with Crippen molar-refractivity contribution in [2.75, 3.05) is 11.9 Å². The van der Waals surface area contributed by atoms with Crippen LogP contribution in [-0.2, 0) is 36.8 Å². The summed E-state index contributed by atoms with van der Waals surface area (Å²) in [5.74, 6) is -2.49. The SMILES string of the molecule is CC(C)C(NC(=O)OCCc1ccccc1)C1=NOC(Cc2ccccc2)(C(=O)N[C@@H](CC(=O)O)C(=O)CBr)C1. The molecule has 3 atom stereocenters.